The molecule has 0 spiro atoms. The van der Waals surface area contributed by atoms with E-state index < -0.39 is 5.41 Å². The van der Waals surface area contributed by atoms with Crippen LogP contribution in [0, 0.1) is 0 Å². The fourth-order valence-corrected chi connectivity index (χ4v) is 10.8. The van der Waals surface area contributed by atoms with Gasteiger partial charge in [-0.2, -0.15) is 0 Å². The van der Waals surface area contributed by atoms with E-state index in [2.05, 4.69) is 249 Å². The van der Waals surface area contributed by atoms with Gasteiger partial charge in [-0.05, 0) is 102 Å². The van der Waals surface area contributed by atoms with Crippen LogP contribution in [-0.2, 0) is 10.8 Å². The normalized spacial score (nSPS) is 14.1. The van der Waals surface area contributed by atoms with E-state index in [4.69, 9.17) is 0 Å². The molecule has 0 bridgehead atoms. The van der Waals surface area contributed by atoms with Crippen molar-refractivity contribution in [3.63, 3.8) is 0 Å². The predicted octanol–water partition coefficient (Wildman–Crippen LogP) is 13.7. The number of fused-ring (bicyclic) bond motifs is 6. The maximum atomic E-state index is 2.65. The van der Waals surface area contributed by atoms with Crippen LogP contribution in [0.15, 0.2) is 218 Å². The average molecular weight is 793 g/mol. The van der Waals surface area contributed by atoms with Crippen molar-refractivity contribution in [3.05, 3.63) is 246 Å². The summed E-state index contributed by atoms with van der Waals surface area (Å²) >= 11 is 0. The fourth-order valence-electron chi connectivity index (χ4n) is 10.8. The second-order valence-electron chi connectivity index (χ2n) is 18.1. The topological polar surface area (TPSA) is 6.48 Å². The standard InChI is InChI=1S/C59H45BN2/c1-58(2,3)46-38-49-48-36-33-43(41-21-10-5-11-22-41)37-54(48)62(47-34-31-42(32-35-47)40-19-8-4-9-20-40)60-52-29-18-28-51-57(52)61(55(39-46)56(49)60)53-30-17-16-27-50(53)59(51,44-23-12-6-13-24-44)45-25-14-7-15-26-45/h4-39H,1-3H3. The van der Waals surface area contributed by atoms with Crippen LogP contribution in [0.3, 0.4) is 0 Å². The van der Waals surface area contributed by atoms with Gasteiger partial charge in [0.2, 0.25) is 0 Å². The monoisotopic (exact) mass is 792 g/mol. The van der Waals surface area contributed by atoms with Gasteiger partial charge in [0.05, 0.1) is 11.1 Å². The first-order valence-corrected chi connectivity index (χ1v) is 21.9. The number of anilines is 5. The zero-order valence-electron chi connectivity index (χ0n) is 35.3. The summed E-state index contributed by atoms with van der Waals surface area (Å²) in [6.45, 7) is 6.94. The minimum absolute atomic E-state index is 0.0947. The molecule has 62 heavy (non-hydrogen) atoms. The molecular formula is C59H45BN2. The second kappa shape index (κ2) is 13.8. The fraction of sp³-hybridized carbons (Fsp3) is 0.0847. The van der Waals surface area contributed by atoms with Crippen molar-refractivity contribution in [1.29, 1.82) is 0 Å². The first kappa shape index (κ1) is 36.5. The summed E-state index contributed by atoms with van der Waals surface area (Å²) in [5, 5.41) is 0. The summed E-state index contributed by atoms with van der Waals surface area (Å²) < 4.78 is 0. The lowest BCUT2D eigenvalue weighted by atomic mass is 9.42. The Kier molecular flexibility index (Phi) is 8.15. The van der Waals surface area contributed by atoms with Gasteiger partial charge >= 0.3 is 6.85 Å². The number of hydrogen-bond acceptors (Lipinski definition) is 2. The molecule has 0 saturated carbocycles. The number of rotatable bonds is 5. The largest absolute Gasteiger partial charge is 0.376 e. The molecule has 3 aliphatic rings. The number of hydrogen-bond donors (Lipinski definition) is 0. The van der Waals surface area contributed by atoms with Crippen LogP contribution < -0.4 is 20.6 Å². The van der Waals surface area contributed by atoms with Crippen molar-refractivity contribution in [2.45, 2.75) is 31.6 Å². The van der Waals surface area contributed by atoms with E-state index in [0.717, 1.165) is 5.69 Å². The van der Waals surface area contributed by atoms with Crippen molar-refractivity contribution in [1.82, 2.24) is 0 Å². The van der Waals surface area contributed by atoms with E-state index in [1.807, 2.05) is 0 Å². The van der Waals surface area contributed by atoms with Gasteiger partial charge in [-0.3, -0.25) is 0 Å². The van der Waals surface area contributed by atoms with Crippen molar-refractivity contribution >= 4 is 46.2 Å². The summed E-state index contributed by atoms with van der Waals surface area (Å²) in [6, 6.07) is 81.7. The van der Waals surface area contributed by atoms with Gasteiger partial charge < -0.3 is 9.71 Å². The third kappa shape index (κ3) is 5.31. The highest BCUT2D eigenvalue weighted by Crippen LogP contribution is 2.59. The molecule has 0 unspecified atom stereocenters. The summed E-state index contributed by atoms with van der Waals surface area (Å²) in [4.78, 5) is 5.29. The van der Waals surface area contributed by atoms with Gasteiger partial charge in [-0.1, -0.05) is 209 Å². The molecule has 3 heteroatoms. The molecule has 0 fully saturated rings. The highest BCUT2D eigenvalue weighted by molar-refractivity contribution is 6.93. The molecule has 3 aliphatic heterocycles. The van der Waals surface area contributed by atoms with E-state index in [9.17, 15) is 0 Å². The molecule has 0 aromatic heterocycles. The van der Waals surface area contributed by atoms with Crippen LogP contribution in [0.4, 0.5) is 28.4 Å². The van der Waals surface area contributed by atoms with Crippen molar-refractivity contribution in [2.24, 2.45) is 0 Å². The molecule has 0 N–H and O–H groups in total. The van der Waals surface area contributed by atoms with Crippen LogP contribution in [0.25, 0.3) is 33.4 Å². The highest BCUT2D eigenvalue weighted by Gasteiger charge is 2.53. The Morgan fingerprint density at radius 3 is 1.61 bits per heavy atom. The lowest BCUT2D eigenvalue weighted by molar-refractivity contribution is 0.590. The second-order valence-corrected chi connectivity index (χ2v) is 18.1. The summed E-state index contributed by atoms with van der Waals surface area (Å²) in [7, 11) is 0. The molecule has 0 amide bonds. The summed E-state index contributed by atoms with van der Waals surface area (Å²) in [5.41, 5.74) is 21.9. The minimum Gasteiger partial charge on any atom is -0.376 e. The Hall–Kier alpha value is -7.36. The molecule has 0 radical (unpaired) electrons. The number of benzene rings is 9. The summed E-state index contributed by atoms with van der Waals surface area (Å²) in [6.07, 6.45) is 0. The van der Waals surface area contributed by atoms with Gasteiger partial charge in [-0.15, -0.1) is 0 Å². The maximum Gasteiger partial charge on any atom is 0.333 e. The quantitative estimate of drug-likeness (QED) is 0.160. The van der Waals surface area contributed by atoms with E-state index in [1.54, 1.807) is 0 Å². The molecule has 12 rings (SSSR count). The van der Waals surface area contributed by atoms with Crippen molar-refractivity contribution in [3.8, 4) is 33.4 Å². The zero-order valence-corrected chi connectivity index (χ0v) is 35.3. The van der Waals surface area contributed by atoms with Crippen molar-refractivity contribution < 1.29 is 0 Å². The van der Waals surface area contributed by atoms with E-state index in [0.29, 0.717) is 0 Å². The number of para-hydroxylation sites is 2. The Balaban J connectivity index is 1.21. The van der Waals surface area contributed by atoms with Gasteiger partial charge in [-0.25, -0.2) is 0 Å². The molecule has 9 aromatic carbocycles. The Morgan fingerprint density at radius 1 is 0.419 bits per heavy atom. The first-order chi connectivity index (χ1) is 30.4. The highest BCUT2D eigenvalue weighted by atomic mass is 15.2. The van der Waals surface area contributed by atoms with Crippen LogP contribution >= 0.6 is 0 Å². The molecule has 3 heterocycles. The van der Waals surface area contributed by atoms with Crippen LogP contribution in [0.1, 0.15) is 48.6 Å². The third-order valence-corrected chi connectivity index (χ3v) is 13.7. The molecule has 0 aliphatic carbocycles. The lowest BCUT2D eigenvalue weighted by Gasteiger charge is -2.52. The Morgan fingerprint density at radius 2 is 0.968 bits per heavy atom. The SMILES string of the molecule is CC(C)(C)c1cc2c3c(c1)N1c4ccccc4C(c4ccccc4)(c4ccccc4)c4cccc(c41)B3N(c1ccc(-c3ccccc3)cc1)c1cc(-c3ccccc3)ccc1-2. The minimum atomic E-state index is -0.571. The van der Waals surface area contributed by atoms with Crippen LogP contribution in [0.5, 0.6) is 0 Å². The Bertz CT molecular complexity index is 3110. The van der Waals surface area contributed by atoms with Gasteiger partial charge in [0, 0.05) is 28.3 Å². The molecule has 9 aromatic rings. The van der Waals surface area contributed by atoms with Crippen molar-refractivity contribution in [2.75, 3.05) is 9.71 Å². The van der Waals surface area contributed by atoms with E-state index in [1.165, 1.54) is 94.9 Å². The third-order valence-electron chi connectivity index (χ3n) is 13.7. The molecular weight excluding hydrogens is 747 g/mol. The Labute approximate surface area is 365 Å². The van der Waals surface area contributed by atoms with Gasteiger partial charge in [0.25, 0.3) is 0 Å². The molecule has 0 atom stereocenters. The lowest BCUT2D eigenvalue weighted by Crippen LogP contribution is -2.62. The summed E-state index contributed by atoms with van der Waals surface area (Å²) in [5.74, 6) is 0. The van der Waals surface area contributed by atoms with Crippen LogP contribution in [-0.4, -0.2) is 6.85 Å². The molecule has 294 valence electrons. The first-order valence-electron chi connectivity index (χ1n) is 21.9. The zero-order chi connectivity index (χ0) is 41.6. The smallest absolute Gasteiger partial charge is 0.333 e. The predicted molar refractivity (Wildman–Crippen MR) is 262 cm³/mol. The van der Waals surface area contributed by atoms with Crippen LogP contribution in [0.2, 0.25) is 0 Å². The number of nitrogens with zero attached hydrogens (tertiary/aromatic N) is 2. The molecule has 2 nitrogen and oxygen atoms in total. The van der Waals surface area contributed by atoms with E-state index >= 15 is 0 Å². The maximum absolute atomic E-state index is 2.65. The average Bonchev–Trinajstić information content (AvgIpc) is 3.33. The van der Waals surface area contributed by atoms with E-state index in [-0.39, 0.29) is 12.3 Å². The molecule has 0 saturated heterocycles. The van der Waals surface area contributed by atoms with Gasteiger partial charge in [0.15, 0.2) is 0 Å². The van der Waals surface area contributed by atoms with Gasteiger partial charge in [0.1, 0.15) is 0 Å².